The van der Waals surface area contributed by atoms with Crippen molar-refractivity contribution in [1.29, 1.82) is 0 Å². The zero-order valence-electron chi connectivity index (χ0n) is 19.9. The number of H-pyrrole nitrogens is 1. The van der Waals surface area contributed by atoms with Crippen molar-refractivity contribution in [3.63, 3.8) is 0 Å². The Balaban J connectivity index is 1.43. The lowest BCUT2D eigenvalue weighted by atomic mass is 9.83. The van der Waals surface area contributed by atoms with E-state index in [1.807, 2.05) is 0 Å². The highest BCUT2D eigenvalue weighted by Gasteiger charge is 2.32. The minimum Gasteiger partial charge on any atom is -0.465 e. The molecule has 38 heavy (non-hydrogen) atoms. The first-order chi connectivity index (χ1) is 18.5. The molecule has 1 aliphatic carbocycles. The van der Waals surface area contributed by atoms with E-state index >= 15 is 0 Å². The van der Waals surface area contributed by atoms with E-state index in [4.69, 9.17) is 10.2 Å². The van der Waals surface area contributed by atoms with Gasteiger partial charge in [-0.3, -0.25) is 14.4 Å². The van der Waals surface area contributed by atoms with Gasteiger partial charge in [-0.05, 0) is 60.7 Å². The van der Waals surface area contributed by atoms with E-state index < -0.39 is 0 Å². The molecule has 0 aliphatic heterocycles. The topological polar surface area (TPSA) is 131 Å². The summed E-state index contributed by atoms with van der Waals surface area (Å²) in [5.41, 5.74) is 9.23. The van der Waals surface area contributed by atoms with Crippen LogP contribution in [0.25, 0.3) is 22.8 Å². The number of rotatable bonds is 5. The molecule has 6 rings (SSSR count). The Labute approximate surface area is 216 Å². The summed E-state index contributed by atoms with van der Waals surface area (Å²) in [6, 6.07) is 20.2. The van der Waals surface area contributed by atoms with Gasteiger partial charge in [-0.2, -0.15) is 0 Å². The predicted octanol–water partition coefficient (Wildman–Crippen LogP) is 5.00. The number of hydrogen-bond acceptors (Lipinski definition) is 6. The molecule has 0 spiro atoms. The van der Waals surface area contributed by atoms with E-state index in [1.54, 1.807) is 97.3 Å². The zero-order valence-corrected chi connectivity index (χ0v) is 19.9. The van der Waals surface area contributed by atoms with Crippen LogP contribution >= 0.6 is 0 Å². The number of anilines is 1. The summed E-state index contributed by atoms with van der Waals surface area (Å²) in [6.45, 7) is 0. The summed E-state index contributed by atoms with van der Waals surface area (Å²) in [7, 11) is 0. The summed E-state index contributed by atoms with van der Waals surface area (Å²) in [4.78, 5) is 47.4. The lowest BCUT2D eigenvalue weighted by Gasteiger charge is -2.17. The standard InChI is InChI=1S/C30H20N4O4/c31-18-12-10-17(11-13-18)30(37)33-24(9-3-5-19-6-4-16-38-19)29-32-23-15-14-22-25(26(23)34-29)28(36)21-8-2-1-7-20(21)27(22)35/h1-16H,31H2,(H,32,34)(H,33,37). The van der Waals surface area contributed by atoms with Gasteiger partial charge in [0.05, 0.1) is 23.0 Å². The molecule has 4 N–H and O–H groups in total. The molecule has 5 aromatic rings. The number of nitrogen functional groups attached to an aromatic ring is 1. The third kappa shape index (κ3) is 4.00. The Kier molecular flexibility index (Phi) is 5.54. The van der Waals surface area contributed by atoms with Crippen LogP contribution in [0.15, 0.2) is 95.6 Å². The molecule has 0 saturated heterocycles. The second-order valence-electron chi connectivity index (χ2n) is 8.70. The van der Waals surface area contributed by atoms with Gasteiger partial charge in [0.2, 0.25) is 0 Å². The van der Waals surface area contributed by atoms with Crippen molar-refractivity contribution in [1.82, 2.24) is 15.3 Å². The van der Waals surface area contributed by atoms with Crippen molar-refractivity contribution < 1.29 is 18.8 Å². The van der Waals surface area contributed by atoms with Crippen LogP contribution in [0.4, 0.5) is 5.69 Å². The molecule has 0 atom stereocenters. The lowest BCUT2D eigenvalue weighted by molar-refractivity contribution is 0.0972. The number of hydrogen-bond donors (Lipinski definition) is 3. The Morgan fingerprint density at radius 1 is 0.895 bits per heavy atom. The van der Waals surface area contributed by atoms with Gasteiger partial charge in [0, 0.05) is 27.9 Å². The number of fused-ring (bicyclic) bond motifs is 4. The zero-order chi connectivity index (χ0) is 26.2. The smallest absolute Gasteiger partial charge is 0.255 e. The molecule has 1 aliphatic rings. The number of aromatic nitrogens is 2. The number of carbonyl (C=O) groups excluding carboxylic acids is 3. The van der Waals surface area contributed by atoms with Gasteiger partial charge < -0.3 is 20.5 Å². The van der Waals surface area contributed by atoms with E-state index in [0.717, 1.165) is 0 Å². The summed E-state index contributed by atoms with van der Waals surface area (Å²) >= 11 is 0. The van der Waals surface area contributed by atoms with Gasteiger partial charge in [0.1, 0.15) is 11.3 Å². The highest BCUT2D eigenvalue weighted by atomic mass is 16.3. The van der Waals surface area contributed by atoms with Crippen molar-refractivity contribution in [3.8, 4) is 0 Å². The molecule has 2 heterocycles. The first-order valence-corrected chi connectivity index (χ1v) is 11.8. The van der Waals surface area contributed by atoms with Crippen LogP contribution in [0.5, 0.6) is 0 Å². The Bertz CT molecular complexity index is 1790. The third-order valence-corrected chi connectivity index (χ3v) is 6.29. The largest absolute Gasteiger partial charge is 0.465 e. The summed E-state index contributed by atoms with van der Waals surface area (Å²) in [5, 5.41) is 2.88. The number of carbonyl (C=O) groups is 3. The van der Waals surface area contributed by atoms with E-state index in [9.17, 15) is 14.4 Å². The maximum absolute atomic E-state index is 13.4. The Hall–Kier alpha value is -5.50. The number of ketones is 2. The highest BCUT2D eigenvalue weighted by Crippen LogP contribution is 2.32. The van der Waals surface area contributed by atoms with Crippen LogP contribution in [0, 0.1) is 0 Å². The minimum absolute atomic E-state index is 0.226. The number of nitrogens with zero attached hydrogens (tertiary/aromatic N) is 1. The molecular weight excluding hydrogens is 480 g/mol. The molecule has 1 amide bonds. The van der Waals surface area contributed by atoms with Crippen molar-refractivity contribution in [2.45, 2.75) is 0 Å². The van der Waals surface area contributed by atoms with Crippen molar-refractivity contribution in [3.05, 3.63) is 131 Å². The van der Waals surface area contributed by atoms with Gasteiger partial charge in [-0.15, -0.1) is 0 Å². The third-order valence-electron chi connectivity index (χ3n) is 6.29. The average Bonchev–Trinajstić information content (AvgIpc) is 3.61. The monoisotopic (exact) mass is 500 g/mol. The first-order valence-electron chi connectivity index (χ1n) is 11.8. The summed E-state index contributed by atoms with van der Waals surface area (Å²) in [6.07, 6.45) is 6.68. The van der Waals surface area contributed by atoms with E-state index in [0.29, 0.717) is 56.3 Å². The lowest BCUT2D eigenvalue weighted by Crippen LogP contribution is -2.22. The number of allylic oxidation sites excluding steroid dienone is 2. The normalized spacial score (nSPS) is 13.1. The number of aromatic amines is 1. The molecule has 0 unspecified atom stereocenters. The van der Waals surface area contributed by atoms with Crippen LogP contribution in [0.1, 0.15) is 53.8 Å². The molecule has 2 aromatic heterocycles. The maximum atomic E-state index is 13.4. The number of amides is 1. The van der Waals surface area contributed by atoms with E-state index in [1.165, 1.54) is 0 Å². The molecular formula is C30H20N4O4. The fourth-order valence-electron chi connectivity index (χ4n) is 4.42. The molecule has 0 bridgehead atoms. The molecule has 0 saturated carbocycles. The van der Waals surface area contributed by atoms with Crippen molar-refractivity contribution >= 4 is 46.0 Å². The van der Waals surface area contributed by atoms with E-state index in [2.05, 4.69) is 15.3 Å². The van der Waals surface area contributed by atoms with Gasteiger partial charge >= 0.3 is 0 Å². The van der Waals surface area contributed by atoms with Crippen LogP contribution in [-0.4, -0.2) is 27.4 Å². The minimum atomic E-state index is -0.370. The van der Waals surface area contributed by atoms with Gasteiger partial charge in [0.25, 0.3) is 5.91 Å². The van der Waals surface area contributed by atoms with Crippen molar-refractivity contribution in [2.24, 2.45) is 0 Å². The van der Waals surface area contributed by atoms with Crippen LogP contribution in [-0.2, 0) is 0 Å². The molecule has 0 fully saturated rings. The number of nitrogens with one attached hydrogen (secondary N) is 2. The second kappa shape index (κ2) is 9.18. The maximum Gasteiger partial charge on any atom is 0.255 e. The molecule has 3 aromatic carbocycles. The summed E-state index contributed by atoms with van der Waals surface area (Å²) in [5.74, 6) is 0.0843. The number of nitrogens with two attached hydrogens (primary N) is 1. The number of imidazole rings is 1. The number of furan rings is 1. The molecule has 184 valence electrons. The SMILES string of the molecule is Nc1ccc(C(=O)NC(=CC=Cc2ccco2)c2nc3c4c(ccc3[nH]2)C(=O)c2ccccc2C4=O)cc1. The highest BCUT2D eigenvalue weighted by molar-refractivity contribution is 6.31. The molecule has 8 heteroatoms. The fraction of sp³-hybridized carbons (Fsp3) is 0. The fourth-order valence-corrected chi connectivity index (χ4v) is 4.42. The van der Waals surface area contributed by atoms with Crippen LogP contribution in [0.2, 0.25) is 0 Å². The van der Waals surface area contributed by atoms with Crippen LogP contribution in [0.3, 0.4) is 0 Å². The van der Waals surface area contributed by atoms with E-state index in [-0.39, 0.29) is 23.0 Å². The molecule has 8 nitrogen and oxygen atoms in total. The quantitative estimate of drug-likeness (QED) is 0.226. The van der Waals surface area contributed by atoms with Crippen molar-refractivity contribution in [2.75, 3.05) is 5.73 Å². The summed E-state index contributed by atoms with van der Waals surface area (Å²) < 4.78 is 5.34. The average molecular weight is 501 g/mol. The predicted molar refractivity (Wildman–Crippen MR) is 143 cm³/mol. The Morgan fingerprint density at radius 2 is 1.66 bits per heavy atom. The first kappa shape index (κ1) is 22.9. The second-order valence-corrected chi connectivity index (χ2v) is 8.70. The molecule has 0 radical (unpaired) electrons. The number of benzene rings is 3. The van der Waals surface area contributed by atoms with Gasteiger partial charge in [0.15, 0.2) is 17.4 Å². The van der Waals surface area contributed by atoms with Crippen LogP contribution < -0.4 is 11.1 Å². The van der Waals surface area contributed by atoms with Gasteiger partial charge in [-0.1, -0.05) is 30.3 Å². The van der Waals surface area contributed by atoms with Gasteiger partial charge in [-0.25, -0.2) is 4.98 Å². The Morgan fingerprint density at radius 3 is 2.39 bits per heavy atom.